The van der Waals surface area contributed by atoms with Crippen LogP contribution in [0.2, 0.25) is 0 Å². The summed E-state index contributed by atoms with van der Waals surface area (Å²) in [5.41, 5.74) is 3.42. The van der Waals surface area contributed by atoms with Gasteiger partial charge in [-0.3, -0.25) is 9.59 Å². The Kier molecular flexibility index (Phi) is 8.50. The molecule has 2 amide bonds. The molecule has 7 nitrogen and oxygen atoms in total. The van der Waals surface area contributed by atoms with Crippen LogP contribution in [0.1, 0.15) is 35.7 Å². The summed E-state index contributed by atoms with van der Waals surface area (Å²) in [6.45, 7) is 8.76. The van der Waals surface area contributed by atoms with Gasteiger partial charge in [0.2, 0.25) is 5.91 Å². The van der Waals surface area contributed by atoms with Gasteiger partial charge in [0.25, 0.3) is 5.91 Å². The number of unbranched alkanes of at least 4 members (excludes halogenated alkanes) is 1. The van der Waals surface area contributed by atoms with Crippen LogP contribution in [0.3, 0.4) is 0 Å². The summed E-state index contributed by atoms with van der Waals surface area (Å²) >= 11 is 0. The molecule has 2 aromatic rings. The summed E-state index contributed by atoms with van der Waals surface area (Å²) in [6, 6.07) is 13.0. The molecule has 32 heavy (non-hydrogen) atoms. The molecule has 172 valence electrons. The van der Waals surface area contributed by atoms with Gasteiger partial charge in [-0.05, 0) is 68.4 Å². The highest BCUT2D eigenvalue weighted by Gasteiger charge is 2.15. The third-order valence-electron chi connectivity index (χ3n) is 5.65. The van der Waals surface area contributed by atoms with E-state index in [2.05, 4.69) is 40.5 Å². The Morgan fingerprint density at radius 1 is 1.03 bits per heavy atom. The average molecular weight is 439 g/mol. The van der Waals surface area contributed by atoms with Gasteiger partial charge in [-0.1, -0.05) is 13.3 Å². The van der Waals surface area contributed by atoms with Crippen molar-refractivity contribution < 1.29 is 14.3 Å². The first kappa shape index (κ1) is 23.6. The van der Waals surface area contributed by atoms with Crippen molar-refractivity contribution >= 4 is 23.2 Å². The Labute approximate surface area is 190 Å². The summed E-state index contributed by atoms with van der Waals surface area (Å²) < 4.78 is 5.61. The van der Waals surface area contributed by atoms with E-state index in [0.29, 0.717) is 12.2 Å². The van der Waals surface area contributed by atoms with Crippen molar-refractivity contribution in [2.75, 3.05) is 56.6 Å². The van der Waals surface area contributed by atoms with Crippen molar-refractivity contribution in [2.45, 2.75) is 26.7 Å². The van der Waals surface area contributed by atoms with Crippen LogP contribution in [0, 0.1) is 6.92 Å². The lowest BCUT2D eigenvalue weighted by molar-refractivity contribution is -0.115. The molecule has 1 heterocycles. The molecular weight excluding hydrogens is 404 g/mol. The van der Waals surface area contributed by atoms with Crippen LogP contribution >= 0.6 is 0 Å². The van der Waals surface area contributed by atoms with Crippen molar-refractivity contribution in [1.82, 2.24) is 10.2 Å². The lowest BCUT2D eigenvalue weighted by atomic mass is 10.1. The number of aryl methyl sites for hydroxylation is 1. The number of hydrogen-bond donors (Lipinski definition) is 2. The Balaban J connectivity index is 1.47. The summed E-state index contributed by atoms with van der Waals surface area (Å²) in [7, 11) is 2.14. The Hall–Kier alpha value is -3.06. The van der Waals surface area contributed by atoms with Crippen molar-refractivity contribution in [3.05, 3.63) is 53.6 Å². The second-order valence-corrected chi connectivity index (χ2v) is 8.25. The molecule has 0 atom stereocenters. The van der Waals surface area contributed by atoms with Gasteiger partial charge in [-0.25, -0.2) is 0 Å². The number of carbonyl (C=O) groups is 2. The number of nitrogens with zero attached hydrogens (tertiary/aromatic N) is 2. The van der Waals surface area contributed by atoms with E-state index in [4.69, 9.17) is 4.74 Å². The van der Waals surface area contributed by atoms with Crippen LogP contribution in [0.25, 0.3) is 0 Å². The number of likely N-dealkylation sites (N-methyl/N-ethyl adjacent to an activating group) is 1. The molecule has 0 bridgehead atoms. The Bertz CT molecular complexity index is 906. The average Bonchev–Trinajstić information content (AvgIpc) is 2.80. The van der Waals surface area contributed by atoms with Gasteiger partial charge < -0.3 is 25.2 Å². The van der Waals surface area contributed by atoms with Gasteiger partial charge in [0.15, 0.2) is 0 Å². The molecule has 1 saturated heterocycles. The van der Waals surface area contributed by atoms with Gasteiger partial charge in [-0.2, -0.15) is 0 Å². The fraction of sp³-hybridized carbons (Fsp3) is 0.440. The maximum atomic E-state index is 12.4. The van der Waals surface area contributed by atoms with E-state index >= 15 is 0 Å². The number of nitrogens with one attached hydrogen (secondary N) is 2. The molecule has 3 rings (SSSR count). The summed E-state index contributed by atoms with van der Waals surface area (Å²) in [4.78, 5) is 29.4. The monoisotopic (exact) mass is 438 g/mol. The van der Waals surface area contributed by atoms with Crippen LogP contribution in [0.5, 0.6) is 5.75 Å². The van der Waals surface area contributed by atoms with Crippen LogP contribution < -0.4 is 20.3 Å². The van der Waals surface area contributed by atoms with Gasteiger partial charge in [0.1, 0.15) is 5.75 Å². The van der Waals surface area contributed by atoms with Gasteiger partial charge >= 0.3 is 0 Å². The molecule has 0 spiro atoms. The van der Waals surface area contributed by atoms with Gasteiger partial charge in [0, 0.05) is 43.1 Å². The van der Waals surface area contributed by atoms with E-state index in [1.807, 2.05) is 19.1 Å². The molecule has 0 saturated carbocycles. The highest BCUT2D eigenvalue weighted by molar-refractivity contribution is 5.99. The number of rotatable bonds is 9. The predicted molar refractivity (Wildman–Crippen MR) is 129 cm³/mol. The fourth-order valence-corrected chi connectivity index (χ4v) is 3.54. The topological polar surface area (TPSA) is 73.9 Å². The zero-order valence-electron chi connectivity index (χ0n) is 19.3. The number of ether oxygens (including phenoxy) is 1. The molecule has 1 fully saturated rings. The van der Waals surface area contributed by atoms with E-state index in [-0.39, 0.29) is 18.4 Å². The lowest BCUT2D eigenvalue weighted by Gasteiger charge is -2.34. The molecule has 7 heteroatoms. The van der Waals surface area contributed by atoms with E-state index in [1.165, 1.54) is 5.69 Å². The van der Waals surface area contributed by atoms with E-state index in [9.17, 15) is 9.59 Å². The normalized spacial score (nSPS) is 14.2. The minimum absolute atomic E-state index is 0.0900. The number of piperazine rings is 1. The maximum absolute atomic E-state index is 12.4. The van der Waals surface area contributed by atoms with E-state index in [0.717, 1.165) is 56.0 Å². The van der Waals surface area contributed by atoms with E-state index < -0.39 is 0 Å². The second kappa shape index (κ2) is 11.5. The number of hydrogen-bond acceptors (Lipinski definition) is 5. The fourth-order valence-electron chi connectivity index (χ4n) is 3.54. The highest BCUT2D eigenvalue weighted by atomic mass is 16.5. The third kappa shape index (κ3) is 6.72. The Morgan fingerprint density at radius 2 is 1.75 bits per heavy atom. The largest absolute Gasteiger partial charge is 0.494 e. The molecule has 1 aliphatic rings. The van der Waals surface area contributed by atoms with Crippen LogP contribution in [0.4, 0.5) is 11.4 Å². The zero-order chi connectivity index (χ0) is 22.9. The number of carbonyl (C=O) groups excluding carboxylic acids is 2. The minimum Gasteiger partial charge on any atom is -0.494 e. The Morgan fingerprint density at radius 3 is 2.41 bits per heavy atom. The van der Waals surface area contributed by atoms with Crippen molar-refractivity contribution in [3.8, 4) is 5.75 Å². The first-order chi connectivity index (χ1) is 15.5. The van der Waals surface area contributed by atoms with Gasteiger partial charge in [-0.15, -0.1) is 0 Å². The van der Waals surface area contributed by atoms with Gasteiger partial charge in [0.05, 0.1) is 13.2 Å². The quantitative estimate of drug-likeness (QED) is 0.588. The highest BCUT2D eigenvalue weighted by Crippen LogP contribution is 2.23. The number of benzene rings is 2. The molecule has 0 radical (unpaired) electrons. The molecule has 2 N–H and O–H groups in total. The summed E-state index contributed by atoms with van der Waals surface area (Å²) in [6.07, 6.45) is 2.07. The first-order valence-corrected chi connectivity index (χ1v) is 11.3. The maximum Gasteiger partial charge on any atom is 0.251 e. The van der Waals surface area contributed by atoms with Crippen LogP contribution in [0.15, 0.2) is 42.5 Å². The van der Waals surface area contributed by atoms with Crippen molar-refractivity contribution in [3.63, 3.8) is 0 Å². The molecular formula is C25H34N4O3. The molecule has 0 aromatic heterocycles. The number of amides is 2. The minimum atomic E-state index is -0.289. The molecule has 0 unspecified atom stereocenters. The SMILES string of the molecule is CCCCOc1ccc(C(=O)NCC(=O)Nc2ccc(N3CCN(C)CC3)cc2C)cc1. The van der Waals surface area contributed by atoms with Crippen LogP contribution in [-0.4, -0.2) is 63.1 Å². The lowest BCUT2D eigenvalue weighted by Crippen LogP contribution is -2.44. The third-order valence-corrected chi connectivity index (χ3v) is 5.65. The zero-order valence-corrected chi connectivity index (χ0v) is 19.3. The summed E-state index contributed by atoms with van der Waals surface area (Å²) in [5.74, 6) is 0.193. The first-order valence-electron chi connectivity index (χ1n) is 11.3. The number of anilines is 2. The van der Waals surface area contributed by atoms with Crippen LogP contribution in [-0.2, 0) is 4.79 Å². The predicted octanol–water partition coefficient (Wildman–Crippen LogP) is 3.29. The van der Waals surface area contributed by atoms with Crippen molar-refractivity contribution in [2.24, 2.45) is 0 Å². The summed E-state index contributed by atoms with van der Waals surface area (Å²) in [5, 5.41) is 5.56. The molecule has 2 aromatic carbocycles. The second-order valence-electron chi connectivity index (χ2n) is 8.25. The smallest absolute Gasteiger partial charge is 0.251 e. The van der Waals surface area contributed by atoms with Crippen molar-refractivity contribution in [1.29, 1.82) is 0 Å². The molecule has 0 aliphatic carbocycles. The standard InChI is InChI=1S/C25H34N4O3/c1-4-5-16-32-22-9-6-20(7-10-22)25(31)26-18-24(30)27-23-11-8-21(17-19(23)2)29-14-12-28(3)13-15-29/h6-11,17H,4-5,12-16,18H2,1-3H3,(H,26,31)(H,27,30). The van der Waals surface area contributed by atoms with E-state index in [1.54, 1.807) is 24.3 Å². The molecule has 1 aliphatic heterocycles.